The number of aromatic carboxylic acids is 1. The molecule has 2 rings (SSSR count). The van der Waals surface area contributed by atoms with E-state index in [4.69, 9.17) is 9.47 Å². The maximum atomic E-state index is 13.0. The number of ether oxygens (including phenoxy) is 2. The van der Waals surface area contributed by atoms with E-state index in [1.54, 1.807) is 20.8 Å². The number of hydrogen-bond donors (Lipinski definition) is 1. The minimum Gasteiger partial charge on any atom is -0.755 e. The average molecular weight is 457 g/mol. The predicted octanol–water partition coefficient (Wildman–Crippen LogP) is 0.952. The smallest absolute Gasteiger partial charge is 0.335 e. The third kappa shape index (κ3) is 6.89. The fourth-order valence-electron chi connectivity index (χ4n) is 3.26. The van der Waals surface area contributed by atoms with Crippen LogP contribution in [0, 0.1) is 0 Å². The number of piperazine rings is 1. The first-order valence-electron chi connectivity index (χ1n) is 9.86. The fourth-order valence-corrected chi connectivity index (χ4v) is 3.82. The third-order valence-corrected chi connectivity index (χ3v) is 5.58. The second-order valence-corrected chi connectivity index (χ2v) is 9.23. The second-order valence-electron chi connectivity index (χ2n) is 8.36. The van der Waals surface area contributed by atoms with E-state index in [9.17, 15) is 23.5 Å². The number of carbonyl (C=O) groups excluding carboxylic acids is 1. The zero-order valence-corrected chi connectivity index (χ0v) is 19.3. The van der Waals surface area contributed by atoms with Crippen molar-refractivity contribution in [1.82, 2.24) is 9.80 Å². The molecule has 1 heterocycles. The van der Waals surface area contributed by atoms with Gasteiger partial charge in [-0.2, -0.15) is 0 Å². The van der Waals surface area contributed by atoms with E-state index < -0.39 is 34.8 Å². The van der Waals surface area contributed by atoms with E-state index in [1.165, 1.54) is 25.3 Å². The number of methoxy groups -OCH3 is 1. The highest BCUT2D eigenvalue weighted by molar-refractivity contribution is 7.80. The van der Waals surface area contributed by atoms with Crippen molar-refractivity contribution in [2.24, 2.45) is 0 Å². The van der Waals surface area contributed by atoms with Gasteiger partial charge in [0.1, 0.15) is 17.4 Å². The molecule has 0 radical (unpaired) electrons. The van der Waals surface area contributed by atoms with E-state index in [-0.39, 0.29) is 23.5 Å². The van der Waals surface area contributed by atoms with Crippen molar-refractivity contribution in [1.29, 1.82) is 0 Å². The van der Waals surface area contributed by atoms with E-state index in [0.717, 1.165) is 17.4 Å². The SMILES string of the molecule is COc1ccc(C(=O)O)cc1N(CC(C(=O)OC(C)(C)C)N1CCN(C)CC1)S(=O)[O-]. The molecule has 1 aliphatic heterocycles. The Morgan fingerprint density at radius 3 is 2.35 bits per heavy atom. The summed E-state index contributed by atoms with van der Waals surface area (Å²) >= 11 is -2.79. The van der Waals surface area contributed by atoms with Gasteiger partial charge in [-0.05, 0) is 46.0 Å². The highest BCUT2D eigenvalue weighted by Crippen LogP contribution is 2.31. The maximum absolute atomic E-state index is 13.0. The van der Waals surface area contributed by atoms with Crippen LogP contribution in [0.1, 0.15) is 31.1 Å². The van der Waals surface area contributed by atoms with Gasteiger partial charge >= 0.3 is 11.9 Å². The van der Waals surface area contributed by atoms with Crippen LogP contribution in [0.3, 0.4) is 0 Å². The van der Waals surface area contributed by atoms with Crippen LogP contribution in [-0.4, -0.2) is 94.1 Å². The molecule has 0 amide bonds. The topological polar surface area (TPSA) is 123 Å². The molecular formula is C20H30N3O7S-. The van der Waals surface area contributed by atoms with Crippen molar-refractivity contribution in [3.63, 3.8) is 0 Å². The Bertz CT molecular complexity index is 819. The number of carbonyl (C=O) groups is 2. The second kappa shape index (κ2) is 10.4. The molecule has 2 unspecified atom stereocenters. The number of carboxylic acid groups (broad SMARTS) is 1. The van der Waals surface area contributed by atoms with Crippen molar-refractivity contribution in [3.05, 3.63) is 23.8 Å². The van der Waals surface area contributed by atoms with Crippen LogP contribution in [0.15, 0.2) is 18.2 Å². The first-order valence-corrected chi connectivity index (χ1v) is 10.9. The summed E-state index contributed by atoms with van der Waals surface area (Å²) in [6.07, 6.45) is 0. The van der Waals surface area contributed by atoms with Gasteiger partial charge < -0.3 is 24.0 Å². The Hall–Kier alpha value is -2.21. The van der Waals surface area contributed by atoms with Crippen LogP contribution in [0.4, 0.5) is 5.69 Å². The van der Waals surface area contributed by atoms with Gasteiger partial charge in [0.2, 0.25) is 0 Å². The molecule has 174 valence electrons. The molecule has 1 aromatic carbocycles. The molecule has 1 saturated heterocycles. The monoisotopic (exact) mass is 456 g/mol. The number of hydrogen-bond acceptors (Lipinski definition) is 8. The Balaban J connectivity index is 2.43. The first-order chi connectivity index (χ1) is 14.4. The number of rotatable bonds is 8. The molecule has 1 N–H and O–H groups in total. The molecule has 0 spiro atoms. The number of anilines is 1. The van der Waals surface area contributed by atoms with Gasteiger partial charge in [0.25, 0.3) is 0 Å². The normalized spacial score (nSPS) is 17.6. The lowest BCUT2D eigenvalue weighted by Gasteiger charge is -2.40. The highest BCUT2D eigenvalue weighted by atomic mass is 32.2. The first kappa shape index (κ1) is 25.1. The molecule has 1 aliphatic rings. The molecule has 1 fully saturated rings. The summed E-state index contributed by atoms with van der Waals surface area (Å²) < 4.78 is 36.1. The Morgan fingerprint density at radius 1 is 1.26 bits per heavy atom. The average Bonchev–Trinajstić information content (AvgIpc) is 2.67. The summed E-state index contributed by atoms with van der Waals surface area (Å²) in [6.45, 7) is 7.56. The Kier molecular flexibility index (Phi) is 8.41. The minimum atomic E-state index is -2.79. The third-order valence-electron chi connectivity index (χ3n) is 4.87. The summed E-state index contributed by atoms with van der Waals surface area (Å²) in [5.41, 5.74) is -0.803. The van der Waals surface area contributed by atoms with Gasteiger partial charge in [-0.1, -0.05) is 0 Å². The van der Waals surface area contributed by atoms with Crippen LogP contribution >= 0.6 is 0 Å². The Labute approximate surface area is 185 Å². The molecule has 0 aromatic heterocycles. The van der Waals surface area contributed by atoms with Crippen LogP contribution in [0.2, 0.25) is 0 Å². The Morgan fingerprint density at radius 2 is 1.87 bits per heavy atom. The lowest BCUT2D eigenvalue weighted by atomic mass is 10.1. The summed E-state index contributed by atoms with van der Waals surface area (Å²) in [4.78, 5) is 28.4. The van der Waals surface area contributed by atoms with E-state index >= 15 is 0 Å². The van der Waals surface area contributed by atoms with Crippen molar-refractivity contribution in [2.45, 2.75) is 32.4 Å². The summed E-state index contributed by atoms with van der Waals surface area (Å²) in [6, 6.07) is 3.05. The van der Waals surface area contributed by atoms with Crippen molar-refractivity contribution in [3.8, 4) is 5.75 Å². The highest BCUT2D eigenvalue weighted by Gasteiger charge is 2.34. The van der Waals surface area contributed by atoms with Crippen LogP contribution < -0.4 is 9.04 Å². The molecule has 0 bridgehead atoms. The number of carboxylic acids is 1. The van der Waals surface area contributed by atoms with Gasteiger partial charge in [-0.25, -0.2) is 4.79 Å². The van der Waals surface area contributed by atoms with Crippen LogP contribution in [-0.2, 0) is 20.8 Å². The van der Waals surface area contributed by atoms with Gasteiger partial charge in [0, 0.05) is 37.4 Å². The molecule has 1 aromatic rings. The number of esters is 1. The van der Waals surface area contributed by atoms with Crippen molar-refractivity contribution >= 4 is 28.9 Å². The van der Waals surface area contributed by atoms with Crippen molar-refractivity contribution < 1.29 is 32.9 Å². The zero-order valence-electron chi connectivity index (χ0n) is 18.5. The van der Waals surface area contributed by atoms with Crippen LogP contribution in [0.5, 0.6) is 5.75 Å². The number of benzene rings is 1. The van der Waals surface area contributed by atoms with E-state index in [2.05, 4.69) is 4.90 Å². The summed E-state index contributed by atoms with van der Waals surface area (Å²) in [5, 5.41) is 9.32. The summed E-state index contributed by atoms with van der Waals surface area (Å²) in [7, 11) is 3.33. The van der Waals surface area contributed by atoms with Gasteiger partial charge in [0.05, 0.1) is 24.9 Å². The molecule has 11 heteroatoms. The molecule has 0 aliphatic carbocycles. The van der Waals surface area contributed by atoms with E-state index in [0.29, 0.717) is 13.1 Å². The predicted molar refractivity (Wildman–Crippen MR) is 115 cm³/mol. The van der Waals surface area contributed by atoms with Gasteiger partial charge in [-0.15, -0.1) is 0 Å². The van der Waals surface area contributed by atoms with Crippen LogP contribution in [0.25, 0.3) is 0 Å². The molecule has 31 heavy (non-hydrogen) atoms. The lowest BCUT2D eigenvalue weighted by Crippen LogP contribution is -2.56. The molecule has 0 saturated carbocycles. The zero-order chi connectivity index (χ0) is 23.3. The van der Waals surface area contributed by atoms with Gasteiger partial charge in [-0.3, -0.25) is 18.2 Å². The molecular weight excluding hydrogens is 426 g/mol. The fraction of sp³-hybridized carbons (Fsp3) is 0.600. The maximum Gasteiger partial charge on any atom is 0.335 e. The molecule has 10 nitrogen and oxygen atoms in total. The largest absolute Gasteiger partial charge is 0.755 e. The summed E-state index contributed by atoms with van der Waals surface area (Å²) in [5.74, 6) is -1.57. The standard InChI is InChI=1S/C20H31N3O7S/c1-20(2,3)30-19(26)16(22-10-8-21(4)9-11-22)13-23(31(27)28)15-12-14(18(24)25)6-7-17(15)29-5/h6-7,12,16H,8-11,13H2,1-5H3,(H,24,25)(H,27,28)/p-1. The quantitative estimate of drug-likeness (QED) is 0.450. The van der Waals surface area contributed by atoms with E-state index in [1.807, 2.05) is 11.9 Å². The minimum absolute atomic E-state index is 0.0402. The molecule has 2 atom stereocenters. The van der Waals surface area contributed by atoms with Gasteiger partial charge in [0.15, 0.2) is 0 Å². The lowest BCUT2D eigenvalue weighted by molar-refractivity contribution is -0.161. The number of nitrogens with zero attached hydrogens (tertiary/aromatic N) is 3. The van der Waals surface area contributed by atoms with Crippen molar-refractivity contribution in [2.75, 3.05) is 51.2 Å². The number of likely N-dealkylation sites (N-methyl/N-ethyl adjacent to an activating group) is 1.